The van der Waals surface area contributed by atoms with Crippen LogP contribution in [0.2, 0.25) is 0 Å². The summed E-state index contributed by atoms with van der Waals surface area (Å²) in [5, 5.41) is 17.5. The number of hydrogen-bond donors (Lipinski definition) is 3. The predicted molar refractivity (Wildman–Crippen MR) is 135 cm³/mol. The Morgan fingerprint density at radius 1 is 1.11 bits per heavy atom. The molecule has 0 saturated carbocycles. The molecule has 10 heteroatoms. The number of nitrogens with zero attached hydrogens (tertiary/aromatic N) is 1. The SMILES string of the molecule is C/C(Nc1ccc(F)cc1)=C(/N)C(=O)OCc1ccc(NCCSc2ccccc2)c([N+](=O)[O-])c1. The summed E-state index contributed by atoms with van der Waals surface area (Å²) in [4.78, 5) is 24.5. The number of allylic oxidation sites excluding steroid dienone is 1. The van der Waals surface area contributed by atoms with Gasteiger partial charge >= 0.3 is 5.97 Å². The number of nitrogens with two attached hydrogens (primary N) is 1. The van der Waals surface area contributed by atoms with Crippen LogP contribution in [0.1, 0.15) is 12.5 Å². The number of hydrogen-bond acceptors (Lipinski definition) is 8. The van der Waals surface area contributed by atoms with Crippen LogP contribution in [0.4, 0.5) is 21.5 Å². The van der Waals surface area contributed by atoms with Crippen LogP contribution >= 0.6 is 11.8 Å². The number of carbonyl (C=O) groups excluding carboxylic acids is 1. The molecule has 0 fully saturated rings. The van der Waals surface area contributed by atoms with Gasteiger partial charge in [-0.1, -0.05) is 24.3 Å². The Labute approximate surface area is 206 Å². The topological polar surface area (TPSA) is 120 Å². The van der Waals surface area contributed by atoms with Gasteiger partial charge in [-0.05, 0) is 55.0 Å². The van der Waals surface area contributed by atoms with Gasteiger partial charge in [-0.25, -0.2) is 9.18 Å². The lowest BCUT2D eigenvalue weighted by Gasteiger charge is -2.12. The summed E-state index contributed by atoms with van der Waals surface area (Å²) < 4.78 is 18.3. The van der Waals surface area contributed by atoms with Crippen molar-refractivity contribution in [1.29, 1.82) is 0 Å². The Morgan fingerprint density at radius 2 is 1.83 bits per heavy atom. The first-order valence-electron chi connectivity index (χ1n) is 10.7. The van der Waals surface area contributed by atoms with E-state index >= 15 is 0 Å². The average molecular weight is 497 g/mol. The number of nitro groups is 1. The number of benzene rings is 3. The maximum absolute atomic E-state index is 13.0. The molecule has 0 aromatic heterocycles. The van der Waals surface area contributed by atoms with Gasteiger partial charge in [-0.15, -0.1) is 11.8 Å². The van der Waals surface area contributed by atoms with Crippen LogP contribution in [-0.2, 0) is 16.1 Å². The van der Waals surface area contributed by atoms with Crippen molar-refractivity contribution < 1.29 is 18.8 Å². The van der Waals surface area contributed by atoms with Gasteiger partial charge in [0.15, 0.2) is 0 Å². The Morgan fingerprint density at radius 3 is 2.51 bits per heavy atom. The first kappa shape index (κ1) is 25.6. The van der Waals surface area contributed by atoms with Crippen LogP contribution in [-0.4, -0.2) is 23.2 Å². The molecule has 35 heavy (non-hydrogen) atoms. The van der Waals surface area contributed by atoms with Gasteiger partial charge in [-0.3, -0.25) is 10.1 Å². The second-order valence-electron chi connectivity index (χ2n) is 7.44. The lowest BCUT2D eigenvalue weighted by Crippen LogP contribution is -2.19. The van der Waals surface area contributed by atoms with Gasteiger partial charge in [0.2, 0.25) is 0 Å². The Bertz CT molecular complexity index is 1200. The van der Waals surface area contributed by atoms with E-state index < -0.39 is 10.9 Å². The maximum Gasteiger partial charge on any atom is 0.356 e. The number of anilines is 2. The van der Waals surface area contributed by atoms with Crippen molar-refractivity contribution in [2.45, 2.75) is 18.4 Å². The number of thioether (sulfide) groups is 1. The van der Waals surface area contributed by atoms with Crippen LogP contribution in [0.15, 0.2) is 89.1 Å². The van der Waals surface area contributed by atoms with Crippen molar-refractivity contribution in [2.75, 3.05) is 22.9 Å². The van der Waals surface area contributed by atoms with E-state index in [1.165, 1.54) is 30.3 Å². The lowest BCUT2D eigenvalue weighted by molar-refractivity contribution is -0.384. The number of ether oxygens (including phenoxy) is 1. The van der Waals surface area contributed by atoms with Gasteiger partial charge in [0.25, 0.3) is 5.69 Å². The second-order valence-corrected chi connectivity index (χ2v) is 8.61. The van der Waals surface area contributed by atoms with E-state index in [-0.39, 0.29) is 23.8 Å². The number of nitro benzene ring substituents is 1. The molecule has 0 aliphatic heterocycles. The second kappa shape index (κ2) is 12.4. The summed E-state index contributed by atoms with van der Waals surface area (Å²) in [6.07, 6.45) is 0. The third-order valence-corrected chi connectivity index (χ3v) is 5.87. The third kappa shape index (κ3) is 7.75. The number of nitrogens with one attached hydrogen (secondary N) is 2. The number of carbonyl (C=O) groups is 1. The molecule has 3 aromatic carbocycles. The molecule has 0 spiro atoms. The summed E-state index contributed by atoms with van der Waals surface area (Å²) in [6, 6.07) is 20.0. The number of rotatable bonds is 11. The van der Waals surface area contributed by atoms with Crippen LogP contribution < -0.4 is 16.4 Å². The summed E-state index contributed by atoms with van der Waals surface area (Å²) in [6.45, 7) is 1.94. The normalized spacial score (nSPS) is 11.4. The van der Waals surface area contributed by atoms with E-state index in [4.69, 9.17) is 10.5 Å². The molecule has 4 N–H and O–H groups in total. The highest BCUT2D eigenvalue weighted by Gasteiger charge is 2.16. The third-order valence-electron chi connectivity index (χ3n) is 4.86. The molecule has 3 rings (SSSR count). The van der Waals surface area contributed by atoms with E-state index in [9.17, 15) is 19.3 Å². The number of esters is 1. The molecule has 0 amide bonds. The smallest absolute Gasteiger partial charge is 0.356 e. The van der Waals surface area contributed by atoms with Crippen molar-refractivity contribution in [3.8, 4) is 0 Å². The molecule has 0 bridgehead atoms. The Balaban J connectivity index is 1.56. The summed E-state index contributed by atoms with van der Waals surface area (Å²) >= 11 is 1.65. The first-order valence-corrected chi connectivity index (χ1v) is 11.7. The zero-order chi connectivity index (χ0) is 25.2. The van der Waals surface area contributed by atoms with Crippen LogP contribution in [0.3, 0.4) is 0 Å². The Kier molecular flexibility index (Phi) is 9.08. The number of halogens is 1. The lowest BCUT2D eigenvalue weighted by atomic mass is 10.2. The van der Waals surface area contributed by atoms with E-state index in [0.29, 0.717) is 29.2 Å². The van der Waals surface area contributed by atoms with E-state index in [1.807, 2.05) is 30.3 Å². The zero-order valence-corrected chi connectivity index (χ0v) is 19.8. The fourth-order valence-electron chi connectivity index (χ4n) is 3.04. The highest BCUT2D eigenvalue weighted by atomic mass is 32.2. The quantitative estimate of drug-likeness (QED) is 0.0819. The van der Waals surface area contributed by atoms with Crippen molar-refractivity contribution in [1.82, 2.24) is 0 Å². The molecule has 8 nitrogen and oxygen atoms in total. The highest BCUT2D eigenvalue weighted by Crippen LogP contribution is 2.26. The van der Waals surface area contributed by atoms with Gasteiger partial charge in [0.1, 0.15) is 23.8 Å². The van der Waals surface area contributed by atoms with Gasteiger partial charge in [0.05, 0.1) is 4.92 Å². The summed E-state index contributed by atoms with van der Waals surface area (Å²) in [7, 11) is 0. The monoisotopic (exact) mass is 496 g/mol. The van der Waals surface area contributed by atoms with Crippen LogP contribution in [0.25, 0.3) is 0 Å². The summed E-state index contributed by atoms with van der Waals surface area (Å²) in [5.41, 5.74) is 7.32. The van der Waals surface area contributed by atoms with Crippen molar-refractivity contribution >= 4 is 34.8 Å². The van der Waals surface area contributed by atoms with Gasteiger partial charge < -0.3 is 21.1 Å². The molecule has 0 unspecified atom stereocenters. The van der Waals surface area contributed by atoms with E-state index in [0.717, 1.165) is 10.6 Å². The largest absolute Gasteiger partial charge is 0.456 e. The fraction of sp³-hybridized carbons (Fsp3) is 0.160. The zero-order valence-electron chi connectivity index (χ0n) is 19.0. The van der Waals surface area contributed by atoms with Crippen molar-refractivity contribution in [3.63, 3.8) is 0 Å². The van der Waals surface area contributed by atoms with Crippen molar-refractivity contribution in [3.05, 3.63) is 106 Å². The van der Waals surface area contributed by atoms with Crippen LogP contribution in [0, 0.1) is 15.9 Å². The Hall–Kier alpha value is -4.05. The average Bonchev–Trinajstić information content (AvgIpc) is 2.87. The maximum atomic E-state index is 13.0. The van der Waals surface area contributed by atoms with Crippen LogP contribution in [0.5, 0.6) is 0 Å². The molecule has 0 heterocycles. The molecule has 3 aromatic rings. The molecule has 0 aliphatic carbocycles. The molecule has 0 atom stereocenters. The fourth-order valence-corrected chi connectivity index (χ4v) is 3.83. The molecule has 0 radical (unpaired) electrons. The van der Waals surface area contributed by atoms with E-state index in [2.05, 4.69) is 10.6 Å². The predicted octanol–water partition coefficient (Wildman–Crippen LogP) is 5.28. The minimum Gasteiger partial charge on any atom is -0.456 e. The molecular formula is C25H25FN4O4S. The molecule has 182 valence electrons. The standard InChI is InChI=1S/C25H25FN4O4S/c1-17(29-20-10-8-19(26)9-11-20)24(27)25(31)34-16-18-7-12-22(23(15-18)30(32)33)28-13-14-35-21-5-3-2-4-6-21/h2-12,15,28-29H,13-14,16,27H2,1H3/b24-17-. The van der Waals surface area contributed by atoms with Crippen molar-refractivity contribution in [2.24, 2.45) is 5.73 Å². The minimum atomic E-state index is -0.778. The molecular weight excluding hydrogens is 471 g/mol. The van der Waals surface area contributed by atoms with E-state index in [1.54, 1.807) is 30.8 Å². The summed E-state index contributed by atoms with van der Waals surface area (Å²) in [5.74, 6) is -0.428. The molecule has 0 saturated heterocycles. The van der Waals surface area contributed by atoms with Gasteiger partial charge in [0, 0.05) is 34.6 Å². The highest BCUT2D eigenvalue weighted by molar-refractivity contribution is 7.99. The minimum absolute atomic E-state index is 0.110. The first-order chi connectivity index (χ1) is 16.8. The molecule has 0 aliphatic rings. The van der Waals surface area contributed by atoms with Gasteiger partial charge in [-0.2, -0.15) is 0 Å².